The molecule has 0 fully saturated rings. The fraction of sp³-hybridized carbons (Fsp3) is 0.0250. The zero-order valence-corrected chi connectivity index (χ0v) is 24.0. The highest BCUT2D eigenvalue weighted by molar-refractivity contribution is 6.10. The molecule has 5 aromatic carbocycles. The lowest BCUT2D eigenvalue weighted by Gasteiger charge is -2.17. The number of allylic oxidation sites excluding steroid dienone is 5. The molecular weight excluding hydrogens is 522 g/mol. The van der Waals surface area contributed by atoms with Gasteiger partial charge in [-0.25, -0.2) is 4.99 Å². The molecule has 0 aliphatic heterocycles. The normalized spacial score (nSPS) is 12.5. The highest BCUT2D eigenvalue weighted by Gasteiger charge is 2.23. The average Bonchev–Trinajstić information content (AvgIpc) is 3.36. The van der Waals surface area contributed by atoms with Crippen molar-refractivity contribution in [2.45, 2.75) is 0 Å². The number of hydrogen-bond acceptors (Lipinski definition) is 2. The van der Waals surface area contributed by atoms with E-state index in [1.54, 1.807) is 0 Å². The number of nitrogens with zero attached hydrogens (tertiary/aromatic N) is 2. The first-order valence-corrected chi connectivity index (χ1v) is 14.5. The second-order valence-corrected chi connectivity index (χ2v) is 10.6. The molecule has 0 unspecified atom stereocenters. The number of hydrogen-bond donors (Lipinski definition) is 1. The minimum atomic E-state index is 0.929. The molecule has 1 aliphatic rings. The molecule has 0 spiro atoms. The predicted molar refractivity (Wildman–Crippen MR) is 182 cm³/mol. The Bertz CT molecular complexity index is 1990. The number of nitrogens with one attached hydrogen (secondary N) is 1. The van der Waals surface area contributed by atoms with E-state index in [-0.39, 0.29) is 0 Å². The van der Waals surface area contributed by atoms with Crippen LogP contribution in [0.3, 0.4) is 0 Å². The lowest BCUT2D eigenvalue weighted by molar-refractivity contribution is 0.976. The van der Waals surface area contributed by atoms with Crippen LogP contribution in [0.5, 0.6) is 0 Å². The van der Waals surface area contributed by atoms with Crippen LogP contribution in [0.2, 0.25) is 0 Å². The molecule has 1 aromatic heterocycles. The fourth-order valence-corrected chi connectivity index (χ4v) is 5.80. The monoisotopic (exact) mass is 553 g/mol. The smallest absolute Gasteiger partial charge is 0.0637 e. The number of aryl methyl sites for hydroxylation is 1. The summed E-state index contributed by atoms with van der Waals surface area (Å²) in [6.07, 6.45) is 8.62. The van der Waals surface area contributed by atoms with Gasteiger partial charge in [-0.2, -0.15) is 0 Å². The summed E-state index contributed by atoms with van der Waals surface area (Å²) < 4.78 is 2.32. The van der Waals surface area contributed by atoms with Crippen LogP contribution in [0.25, 0.3) is 27.7 Å². The zero-order valence-electron chi connectivity index (χ0n) is 24.0. The molecule has 3 heteroatoms. The molecule has 0 bridgehead atoms. The Kier molecular flexibility index (Phi) is 7.12. The highest BCUT2D eigenvalue weighted by Crippen LogP contribution is 2.42. The topological polar surface area (TPSA) is 29.3 Å². The minimum Gasteiger partial charge on any atom is -0.356 e. The van der Waals surface area contributed by atoms with Gasteiger partial charge in [0.15, 0.2) is 0 Å². The maximum Gasteiger partial charge on any atom is 0.0637 e. The summed E-state index contributed by atoms with van der Waals surface area (Å²) in [5.41, 5.74) is 12.3. The molecule has 7 rings (SSSR count). The molecule has 43 heavy (non-hydrogen) atoms. The Morgan fingerprint density at radius 2 is 1.16 bits per heavy atom. The van der Waals surface area contributed by atoms with Gasteiger partial charge in [0, 0.05) is 34.9 Å². The molecule has 0 saturated heterocycles. The minimum absolute atomic E-state index is 0.929. The van der Waals surface area contributed by atoms with Crippen LogP contribution in [0.4, 0.5) is 17.1 Å². The number of aromatic nitrogens is 1. The van der Waals surface area contributed by atoms with Gasteiger partial charge in [-0.1, -0.05) is 109 Å². The van der Waals surface area contributed by atoms with Gasteiger partial charge in [0.1, 0.15) is 0 Å². The van der Waals surface area contributed by atoms with Crippen LogP contribution < -0.4 is 5.32 Å². The van der Waals surface area contributed by atoms with Gasteiger partial charge >= 0.3 is 0 Å². The van der Waals surface area contributed by atoms with Crippen molar-refractivity contribution in [2.75, 3.05) is 5.32 Å². The molecular formula is C40H31N3. The number of fused-ring (bicyclic) bond motifs is 1. The van der Waals surface area contributed by atoms with E-state index in [0.717, 1.165) is 33.9 Å². The van der Waals surface area contributed by atoms with E-state index in [1.807, 2.05) is 48.5 Å². The fourth-order valence-electron chi connectivity index (χ4n) is 5.80. The molecule has 1 N–H and O–H groups in total. The third kappa shape index (κ3) is 5.37. The third-order valence-corrected chi connectivity index (χ3v) is 7.81. The van der Waals surface area contributed by atoms with Crippen LogP contribution >= 0.6 is 0 Å². The van der Waals surface area contributed by atoms with Crippen molar-refractivity contribution in [3.05, 3.63) is 181 Å². The first-order chi connectivity index (χ1) is 21.2. The lowest BCUT2D eigenvalue weighted by atomic mass is 9.87. The molecule has 0 saturated carbocycles. The van der Waals surface area contributed by atoms with Gasteiger partial charge in [0.05, 0.1) is 17.1 Å². The molecule has 0 atom stereocenters. The van der Waals surface area contributed by atoms with Gasteiger partial charge in [-0.15, -0.1) is 0 Å². The lowest BCUT2D eigenvalue weighted by Crippen LogP contribution is -2.00. The summed E-state index contributed by atoms with van der Waals surface area (Å²) in [6, 6.07) is 48.5. The Labute approximate surface area is 252 Å². The van der Waals surface area contributed by atoms with E-state index in [1.165, 1.54) is 33.3 Å². The summed E-state index contributed by atoms with van der Waals surface area (Å²) in [6.45, 7) is 0. The summed E-state index contributed by atoms with van der Waals surface area (Å²) in [5, 5.41) is 4.75. The Morgan fingerprint density at radius 3 is 1.86 bits per heavy atom. The second-order valence-electron chi connectivity index (χ2n) is 10.6. The Hall–Kier alpha value is -5.67. The summed E-state index contributed by atoms with van der Waals surface area (Å²) >= 11 is 0. The van der Waals surface area contributed by atoms with E-state index in [2.05, 4.69) is 132 Å². The number of para-hydroxylation sites is 3. The van der Waals surface area contributed by atoms with Gasteiger partial charge in [0.2, 0.25) is 0 Å². The number of benzene rings is 5. The van der Waals surface area contributed by atoms with E-state index < -0.39 is 0 Å². The predicted octanol–water partition coefficient (Wildman–Crippen LogP) is 10.3. The van der Waals surface area contributed by atoms with Crippen molar-refractivity contribution in [2.24, 2.45) is 12.0 Å². The SMILES string of the molecule is Cn1c(-c2ccccc2)c(C(=C2C=CC(=Nc3ccccc3)C=C2)c2ccc(Nc3ccccc3)cc2)c2ccccc21. The molecule has 0 radical (unpaired) electrons. The first kappa shape index (κ1) is 26.2. The molecule has 1 heterocycles. The van der Waals surface area contributed by atoms with Gasteiger partial charge < -0.3 is 9.88 Å². The van der Waals surface area contributed by atoms with E-state index >= 15 is 0 Å². The van der Waals surface area contributed by atoms with Crippen molar-refractivity contribution in [3.63, 3.8) is 0 Å². The molecule has 206 valence electrons. The van der Waals surface area contributed by atoms with Crippen molar-refractivity contribution in [1.29, 1.82) is 0 Å². The van der Waals surface area contributed by atoms with Crippen molar-refractivity contribution in [1.82, 2.24) is 4.57 Å². The van der Waals surface area contributed by atoms with Gasteiger partial charge in [-0.3, -0.25) is 0 Å². The average molecular weight is 554 g/mol. The Balaban J connectivity index is 1.41. The van der Waals surface area contributed by atoms with Gasteiger partial charge in [-0.05, 0) is 76.9 Å². The second kappa shape index (κ2) is 11.7. The summed E-state index contributed by atoms with van der Waals surface area (Å²) in [5.74, 6) is 0. The number of anilines is 2. The molecule has 1 aliphatic carbocycles. The quantitative estimate of drug-likeness (QED) is 0.218. The van der Waals surface area contributed by atoms with Crippen LogP contribution in [-0.2, 0) is 7.05 Å². The maximum absolute atomic E-state index is 4.84. The van der Waals surface area contributed by atoms with E-state index in [9.17, 15) is 0 Å². The van der Waals surface area contributed by atoms with Crippen LogP contribution in [-0.4, -0.2) is 10.3 Å². The van der Waals surface area contributed by atoms with Crippen molar-refractivity contribution < 1.29 is 0 Å². The van der Waals surface area contributed by atoms with Gasteiger partial charge in [0.25, 0.3) is 0 Å². The van der Waals surface area contributed by atoms with Crippen molar-refractivity contribution >= 4 is 39.2 Å². The van der Waals surface area contributed by atoms with Crippen molar-refractivity contribution in [3.8, 4) is 11.3 Å². The maximum atomic E-state index is 4.84. The third-order valence-electron chi connectivity index (χ3n) is 7.81. The first-order valence-electron chi connectivity index (χ1n) is 14.5. The van der Waals surface area contributed by atoms with E-state index in [0.29, 0.717) is 0 Å². The zero-order chi connectivity index (χ0) is 29.0. The van der Waals surface area contributed by atoms with E-state index in [4.69, 9.17) is 4.99 Å². The molecule has 0 amide bonds. The molecule has 3 nitrogen and oxygen atoms in total. The number of aliphatic imine (C=N–C) groups is 1. The summed E-state index contributed by atoms with van der Waals surface area (Å²) in [4.78, 5) is 4.84. The van der Waals surface area contributed by atoms with Crippen LogP contribution in [0, 0.1) is 0 Å². The standard InChI is InChI=1S/C40H31N3/c1-43-37-20-12-11-19-36(37)39(40(43)31-13-5-2-6-14-31)38(29-21-25-34(26-22-29)41-32-15-7-3-8-16-32)30-23-27-35(28-24-30)42-33-17-9-4-10-18-33/h2-28,41H,1H3. The Morgan fingerprint density at radius 1 is 0.581 bits per heavy atom. The summed E-state index contributed by atoms with van der Waals surface area (Å²) in [7, 11) is 2.17. The largest absolute Gasteiger partial charge is 0.356 e. The van der Waals surface area contributed by atoms with Crippen LogP contribution in [0.15, 0.2) is 174 Å². The number of rotatable bonds is 6. The highest BCUT2D eigenvalue weighted by atomic mass is 15.0. The molecule has 6 aromatic rings. The van der Waals surface area contributed by atoms with Crippen LogP contribution in [0.1, 0.15) is 11.1 Å².